The lowest BCUT2D eigenvalue weighted by Crippen LogP contribution is -2.46. The molecule has 0 bridgehead atoms. The standard InChI is InChI=1S/C19H25N3O3/c1-25-19(24)16-10-12-4-2-3-5-15(12)22(16)18(23)13-6-9-17(20-11-13)21-14-7-8-14/h6,9,11-12,14-16H,2-5,7-8,10H2,1H3,(H,20,21)/t12-,15-,16+/m1/s1. The number of amides is 1. The number of anilines is 1. The Morgan fingerprint density at radius 1 is 1.20 bits per heavy atom. The highest BCUT2D eigenvalue weighted by molar-refractivity contribution is 5.97. The average Bonchev–Trinajstić information content (AvgIpc) is 3.37. The van der Waals surface area contributed by atoms with Gasteiger partial charge in [-0.05, 0) is 50.2 Å². The number of nitrogens with zero attached hydrogens (tertiary/aromatic N) is 2. The molecule has 134 valence electrons. The molecule has 6 nitrogen and oxygen atoms in total. The number of hydrogen-bond donors (Lipinski definition) is 1. The molecule has 0 spiro atoms. The van der Waals surface area contributed by atoms with Crippen molar-refractivity contribution in [2.75, 3.05) is 12.4 Å². The largest absolute Gasteiger partial charge is 0.467 e. The molecule has 3 fully saturated rings. The summed E-state index contributed by atoms with van der Waals surface area (Å²) in [5.74, 6) is 0.809. The first-order chi connectivity index (χ1) is 12.2. The van der Waals surface area contributed by atoms with Crippen molar-refractivity contribution < 1.29 is 14.3 Å². The van der Waals surface area contributed by atoms with E-state index in [1.54, 1.807) is 11.1 Å². The summed E-state index contributed by atoms with van der Waals surface area (Å²) in [6, 6.07) is 3.88. The van der Waals surface area contributed by atoms with Crippen LogP contribution in [-0.2, 0) is 9.53 Å². The summed E-state index contributed by atoms with van der Waals surface area (Å²) in [6.07, 6.45) is 9.06. The molecule has 3 atom stereocenters. The topological polar surface area (TPSA) is 71.5 Å². The van der Waals surface area contributed by atoms with Crippen LogP contribution in [0.1, 0.15) is 55.3 Å². The van der Waals surface area contributed by atoms with Crippen molar-refractivity contribution in [1.29, 1.82) is 0 Å². The second-order valence-corrected chi connectivity index (χ2v) is 7.45. The summed E-state index contributed by atoms with van der Waals surface area (Å²) in [5.41, 5.74) is 0.543. The third kappa shape index (κ3) is 3.22. The van der Waals surface area contributed by atoms with Gasteiger partial charge in [0.25, 0.3) is 5.91 Å². The Balaban J connectivity index is 1.55. The van der Waals surface area contributed by atoms with Crippen LogP contribution in [0.25, 0.3) is 0 Å². The van der Waals surface area contributed by atoms with Crippen molar-refractivity contribution in [2.24, 2.45) is 5.92 Å². The second kappa shape index (κ2) is 6.65. The Morgan fingerprint density at radius 2 is 2.00 bits per heavy atom. The maximum Gasteiger partial charge on any atom is 0.328 e. The van der Waals surface area contributed by atoms with Crippen LogP contribution < -0.4 is 5.32 Å². The molecule has 1 aromatic rings. The van der Waals surface area contributed by atoms with Crippen LogP contribution in [0, 0.1) is 5.92 Å². The molecule has 2 saturated carbocycles. The first-order valence-corrected chi connectivity index (χ1v) is 9.30. The van der Waals surface area contributed by atoms with Gasteiger partial charge in [-0.25, -0.2) is 9.78 Å². The maximum atomic E-state index is 13.1. The predicted octanol–water partition coefficient (Wildman–Crippen LogP) is 2.60. The molecule has 1 amide bonds. The molecule has 1 saturated heterocycles. The van der Waals surface area contributed by atoms with E-state index in [1.807, 2.05) is 12.1 Å². The van der Waals surface area contributed by atoms with Crippen LogP contribution >= 0.6 is 0 Å². The summed E-state index contributed by atoms with van der Waals surface area (Å²) < 4.78 is 4.97. The van der Waals surface area contributed by atoms with E-state index in [0.717, 1.165) is 31.5 Å². The van der Waals surface area contributed by atoms with Gasteiger partial charge < -0.3 is 15.0 Å². The average molecular weight is 343 g/mol. The number of ether oxygens (including phenoxy) is 1. The molecule has 0 radical (unpaired) electrons. The molecule has 0 aromatic carbocycles. The number of nitrogens with one attached hydrogen (secondary N) is 1. The molecule has 4 rings (SSSR count). The van der Waals surface area contributed by atoms with Gasteiger partial charge in [-0.3, -0.25) is 4.79 Å². The SMILES string of the molecule is COC(=O)[C@@H]1C[C@H]2CCCC[C@H]2N1C(=O)c1ccc(NC2CC2)nc1. The van der Waals surface area contributed by atoms with Crippen molar-refractivity contribution in [3.63, 3.8) is 0 Å². The highest BCUT2D eigenvalue weighted by atomic mass is 16.5. The molecule has 1 aromatic heterocycles. The number of hydrogen-bond acceptors (Lipinski definition) is 5. The van der Waals surface area contributed by atoms with Gasteiger partial charge in [-0.15, -0.1) is 0 Å². The maximum absolute atomic E-state index is 13.1. The predicted molar refractivity (Wildman–Crippen MR) is 93.2 cm³/mol. The van der Waals surface area contributed by atoms with Gasteiger partial charge in [0.2, 0.25) is 0 Å². The van der Waals surface area contributed by atoms with E-state index in [0.29, 0.717) is 17.5 Å². The van der Waals surface area contributed by atoms with E-state index in [2.05, 4.69) is 10.3 Å². The van der Waals surface area contributed by atoms with E-state index in [9.17, 15) is 9.59 Å². The van der Waals surface area contributed by atoms with Gasteiger partial charge >= 0.3 is 5.97 Å². The second-order valence-electron chi connectivity index (χ2n) is 7.45. The van der Waals surface area contributed by atoms with Gasteiger partial charge in [-0.1, -0.05) is 12.8 Å². The fraction of sp³-hybridized carbons (Fsp3) is 0.632. The van der Waals surface area contributed by atoms with Crippen LogP contribution in [0.4, 0.5) is 5.82 Å². The van der Waals surface area contributed by atoms with Crippen LogP contribution in [0.3, 0.4) is 0 Å². The Morgan fingerprint density at radius 3 is 2.68 bits per heavy atom. The molecule has 25 heavy (non-hydrogen) atoms. The third-order valence-corrected chi connectivity index (χ3v) is 5.74. The van der Waals surface area contributed by atoms with E-state index in [4.69, 9.17) is 4.74 Å². The summed E-state index contributed by atoms with van der Waals surface area (Å²) in [4.78, 5) is 31.5. The van der Waals surface area contributed by atoms with E-state index < -0.39 is 6.04 Å². The lowest BCUT2D eigenvalue weighted by atomic mass is 9.84. The van der Waals surface area contributed by atoms with Gasteiger partial charge in [0.05, 0.1) is 12.7 Å². The number of methoxy groups -OCH3 is 1. The number of aromatic nitrogens is 1. The summed E-state index contributed by atoms with van der Waals surface area (Å²) in [6.45, 7) is 0. The van der Waals surface area contributed by atoms with Gasteiger partial charge in [0.15, 0.2) is 0 Å². The summed E-state index contributed by atoms with van der Waals surface area (Å²) in [5, 5.41) is 3.32. The first-order valence-electron chi connectivity index (χ1n) is 9.30. The molecule has 6 heteroatoms. The number of pyridine rings is 1. The fourth-order valence-corrected chi connectivity index (χ4v) is 4.29. The minimum absolute atomic E-state index is 0.102. The normalized spacial score (nSPS) is 28.4. The quantitative estimate of drug-likeness (QED) is 0.851. The number of carbonyl (C=O) groups excluding carboxylic acids is 2. The third-order valence-electron chi connectivity index (χ3n) is 5.74. The number of carbonyl (C=O) groups is 2. The highest BCUT2D eigenvalue weighted by Crippen LogP contribution is 2.40. The molecule has 0 unspecified atom stereocenters. The van der Waals surface area contributed by atoms with E-state index in [-0.39, 0.29) is 17.9 Å². The number of esters is 1. The molecular formula is C19H25N3O3. The van der Waals surface area contributed by atoms with Crippen LogP contribution in [0.5, 0.6) is 0 Å². The summed E-state index contributed by atoms with van der Waals surface area (Å²) in [7, 11) is 1.40. The van der Waals surface area contributed by atoms with Gasteiger partial charge in [0, 0.05) is 18.3 Å². The Labute approximate surface area is 147 Å². The van der Waals surface area contributed by atoms with Crippen LogP contribution in [-0.4, -0.2) is 47.0 Å². The number of fused-ring (bicyclic) bond motifs is 1. The Bertz CT molecular complexity index is 656. The molecule has 1 N–H and O–H groups in total. The number of rotatable bonds is 4. The van der Waals surface area contributed by atoms with Crippen molar-refractivity contribution in [3.05, 3.63) is 23.9 Å². The van der Waals surface area contributed by atoms with Crippen molar-refractivity contribution in [1.82, 2.24) is 9.88 Å². The molecule has 2 heterocycles. The zero-order valence-corrected chi connectivity index (χ0v) is 14.6. The minimum Gasteiger partial charge on any atom is -0.467 e. The Hall–Kier alpha value is -2.11. The zero-order chi connectivity index (χ0) is 17.4. The van der Waals surface area contributed by atoms with E-state index >= 15 is 0 Å². The highest BCUT2D eigenvalue weighted by Gasteiger charge is 2.48. The first kappa shape index (κ1) is 16.4. The molecule has 1 aliphatic heterocycles. The smallest absolute Gasteiger partial charge is 0.328 e. The van der Waals surface area contributed by atoms with Gasteiger partial charge in [0.1, 0.15) is 11.9 Å². The van der Waals surface area contributed by atoms with Crippen molar-refractivity contribution >= 4 is 17.7 Å². The fourth-order valence-electron chi connectivity index (χ4n) is 4.29. The lowest BCUT2D eigenvalue weighted by molar-refractivity contribution is -0.145. The minimum atomic E-state index is -0.463. The number of likely N-dealkylation sites (tertiary alicyclic amines) is 1. The van der Waals surface area contributed by atoms with Gasteiger partial charge in [-0.2, -0.15) is 0 Å². The Kier molecular flexibility index (Phi) is 4.36. The van der Waals surface area contributed by atoms with Crippen LogP contribution in [0.2, 0.25) is 0 Å². The zero-order valence-electron chi connectivity index (χ0n) is 14.6. The van der Waals surface area contributed by atoms with E-state index in [1.165, 1.54) is 26.4 Å². The monoisotopic (exact) mass is 343 g/mol. The molecule has 2 aliphatic carbocycles. The van der Waals surface area contributed by atoms with Crippen molar-refractivity contribution in [2.45, 2.75) is 63.1 Å². The molecule has 3 aliphatic rings. The molecular weight excluding hydrogens is 318 g/mol. The van der Waals surface area contributed by atoms with Crippen LogP contribution in [0.15, 0.2) is 18.3 Å². The lowest BCUT2D eigenvalue weighted by Gasteiger charge is -2.33. The van der Waals surface area contributed by atoms with Crippen molar-refractivity contribution in [3.8, 4) is 0 Å². The summed E-state index contributed by atoms with van der Waals surface area (Å²) >= 11 is 0.